The van der Waals surface area contributed by atoms with Crippen LogP contribution in [0, 0.1) is 17.3 Å². The Morgan fingerprint density at radius 2 is 1.59 bits per heavy atom. The lowest BCUT2D eigenvalue weighted by molar-refractivity contribution is -0.148. The molecule has 0 saturated carbocycles. The van der Waals surface area contributed by atoms with Gasteiger partial charge in [0.2, 0.25) is 0 Å². The number of aliphatic carboxylic acids is 1. The third-order valence-electron chi connectivity index (χ3n) is 6.18. The van der Waals surface area contributed by atoms with Crippen molar-refractivity contribution in [2.75, 3.05) is 6.54 Å². The maximum absolute atomic E-state index is 12.8. The summed E-state index contributed by atoms with van der Waals surface area (Å²) in [5.41, 5.74) is 0.172. The molecule has 0 spiro atoms. The molecule has 0 aliphatic rings. The number of nitrogens with one attached hydrogen (secondary N) is 2. The zero-order valence-electron chi connectivity index (χ0n) is 22.4. The Morgan fingerprint density at radius 3 is 2.24 bits per heavy atom. The van der Waals surface area contributed by atoms with Crippen molar-refractivity contribution in [1.82, 2.24) is 10.6 Å². The van der Waals surface area contributed by atoms with Crippen LogP contribution in [-0.2, 0) is 9.59 Å². The number of hydrogen-bond acceptors (Lipinski definition) is 4. The summed E-state index contributed by atoms with van der Waals surface area (Å²) in [5, 5.41) is 18.0. The van der Waals surface area contributed by atoms with E-state index in [2.05, 4.69) is 65.8 Å². The second-order valence-corrected chi connectivity index (χ2v) is 10.7. The fraction of sp³-hybridized carbons (Fsp3) is 0.355. The summed E-state index contributed by atoms with van der Waals surface area (Å²) >= 11 is 0. The lowest BCUT2D eigenvalue weighted by atomic mass is 9.86. The average Bonchev–Trinajstić information content (AvgIpc) is 2.84. The molecule has 3 rings (SSSR count). The van der Waals surface area contributed by atoms with Gasteiger partial charge in [-0.15, -0.1) is 0 Å². The summed E-state index contributed by atoms with van der Waals surface area (Å²) in [7, 11) is 0. The van der Waals surface area contributed by atoms with Gasteiger partial charge in [-0.05, 0) is 66.8 Å². The van der Waals surface area contributed by atoms with Crippen molar-refractivity contribution in [2.45, 2.75) is 59.2 Å². The molecule has 6 heteroatoms. The van der Waals surface area contributed by atoms with Crippen LogP contribution >= 0.6 is 0 Å². The second kappa shape index (κ2) is 11.5. The molecule has 0 radical (unpaired) electrons. The van der Waals surface area contributed by atoms with Crippen molar-refractivity contribution in [3.63, 3.8) is 0 Å². The van der Waals surface area contributed by atoms with Crippen molar-refractivity contribution in [3.8, 4) is 17.6 Å². The fourth-order valence-electron chi connectivity index (χ4n) is 3.99. The zero-order chi connectivity index (χ0) is 27.2. The Kier molecular flexibility index (Phi) is 8.62. The van der Waals surface area contributed by atoms with E-state index >= 15 is 0 Å². The molecule has 0 aromatic heterocycles. The standard InChI is InChI=1S/C31H36N2O4/c1-21(25-15-9-13-23-12-7-8-14-26(23)25)32-20-10-11-22-16-18-24(19-17-22)37-31(5,6)29(36)33-27(28(34)35)30(2,3)4/h7-9,12-19,21,27,32H,20H2,1-6H3,(H,33,36)(H,34,35)/t21?,27-/m0/s1. The van der Waals surface area contributed by atoms with E-state index in [1.807, 2.05) is 18.2 Å². The van der Waals surface area contributed by atoms with Crippen molar-refractivity contribution in [2.24, 2.45) is 5.41 Å². The maximum atomic E-state index is 12.8. The third-order valence-corrected chi connectivity index (χ3v) is 6.18. The normalized spacial score (nSPS) is 13.2. The van der Waals surface area contributed by atoms with E-state index in [1.54, 1.807) is 46.8 Å². The van der Waals surface area contributed by atoms with Gasteiger partial charge in [0.05, 0.1) is 6.54 Å². The Morgan fingerprint density at radius 1 is 0.946 bits per heavy atom. The molecule has 194 valence electrons. The number of amides is 1. The number of carboxylic acid groups (broad SMARTS) is 1. The molecule has 3 N–H and O–H groups in total. The average molecular weight is 501 g/mol. The van der Waals surface area contributed by atoms with Crippen molar-refractivity contribution < 1.29 is 19.4 Å². The van der Waals surface area contributed by atoms with Gasteiger partial charge in [-0.2, -0.15) is 0 Å². The molecule has 6 nitrogen and oxygen atoms in total. The molecule has 1 amide bonds. The lowest BCUT2D eigenvalue weighted by Crippen LogP contribution is -2.56. The van der Waals surface area contributed by atoms with E-state index in [4.69, 9.17) is 4.74 Å². The Bertz CT molecular complexity index is 1310. The summed E-state index contributed by atoms with van der Waals surface area (Å²) in [6, 6.07) is 21.0. The Hall–Kier alpha value is -3.82. The first-order valence-electron chi connectivity index (χ1n) is 12.4. The maximum Gasteiger partial charge on any atom is 0.326 e. The van der Waals surface area contributed by atoms with Crippen LogP contribution in [0.3, 0.4) is 0 Å². The number of carbonyl (C=O) groups excluding carboxylic acids is 1. The highest BCUT2D eigenvalue weighted by Gasteiger charge is 2.38. The molecule has 37 heavy (non-hydrogen) atoms. The Labute approximate surface area is 219 Å². The highest BCUT2D eigenvalue weighted by molar-refractivity contribution is 5.89. The summed E-state index contributed by atoms with van der Waals surface area (Å²) in [6.45, 7) is 11.2. The first-order chi connectivity index (χ1) is 17.4. The molecule has 0 aliphatic carbocycles. The van der Waals surface area contributed by atoms with Gasteiger partial charge in [0.1, 0.15) is 11.8 Å². The summed E-state index contributed by atoms with van der Waals surface area (Å²) < 4.78 is 5.89. The van der Waals surface area contributed by atoms with Gasteiger partial charge in [-0.1, -0.05) is 75.1 Å². The second-order valence-electron chi connectivity index (χ2n) is 10.7. The van der Waals surface area contributed by atoms with Crippen LogP contribution in [0.2, 0.25) is 0 Å². The summed E-state index contributed by atoms with van der Waals surface area (Å²) in [6.07, 6.45) is 0. The Balaban J connectivity index is 1.57. The highest BCUT2D eigenvalue weighted by Crippen LogP contribution is 2.24. The summed E-state index contributed by atoms with van der Waals surface area (Å²) in [4.78, 5) is 24.4. The first-order valence-corrected chi connectivity index (χ1v) is 12.4. The molecule has 0 bridgehead atoms. The third kappa shape index (κ3) is 7.34. The minimum Gasteiger partial charge on any atom is -0.480 e. The lowest BCUT2D eigenvalue weighted by Gasteiger charge is -2.32. The molecule has 3 aromatic rings. The number of benzene rings is 3. The van der Waals surface area contributed by atoms with Crippen LogP contribution in [0.25, 0.3) is 10.8 Å². The molecular weight excluding hydrogens is 464 g/mol. The molecule has 0 aliphatic heterocycles. The summed E-state index contributed by atoms with van der Waals surface area (Å²) in [5.74, 6) is 5.22. The van der Waals surface area contributed by atoms with Gasteiger partial charge in [0, 0.05) is 11.6 Å². The topological polar surface area (TPSA) is 87.7 Å². The van der Waals surface area contributed by atoms with E-state index in [1.165, 1.54) is 16.3 Å². The predicted octanol–water partition coefficient (Wildman–Crippen LogP) is 5.32. The van der Waals surface area contributed by atoms with Gasteiger partial charge in [0.15, 0.2) is 5.60 Å². The SMILES string of the molecule is CC(NCC#Cc1ccc(OC(C)(C)C(=O)N[C@@H](C(=O)O)C(C)(C)C)cc1)c1cccc2ccccc12. The van der Waals surface area contributed by atoms with E-state index in [-0.39, 0.29) is 6.04 Å². The smallest absolute Gasteiger partial charge is 0.326 e. The van der Waals surface area contributed by atoms with Crippen LogP contribution in [0.15, 0.2) is 66.7 Å². The van der Waals surface area contributed by atoms with Crippen LogP contribution in [0.4, 0.5) is 0 Å². The molecule has 1 unspecified atom stereocenters. The van der Waals surface area contributed by atoms with E-state index in [0.717, 1.165) is 5.56 Å². The first kappa shape index (κ1) is 27.8. The monoisotopic (exact) mass is 500 g/mol. The largest absolute Gasteiger partial charge is 0.480 e. The number of fused-ring (bicyclic) bond motifs is 1. The fourth-order valence-corrected chi connectivity index (χ4v) is 3.99. The van der Waals surface area contributed by atoms with Crippen LogP contribution in [0.5, 0.6) is 5.75 Å². The van der Waals surface area contributed by atoms with Crippen molar-refractivity contribution >= 4 is 22.6 Å². The van der Waals surface area contributed by atoms with Gasteiger partial charge >= 0.3 is 5.97 Å². The van der Waals surface area contributed by atoms with E-state index in [0.29, 0.717) is 12.3 Å². The van der Waals surface area contributed by atoms with E-state index < -0.39 is 28.9 Å². The highest BCUT2D eigenvalue weighted by atomic mass is 16.5. The van der Waals surface area contributed by atoms with Crippen molar-refractivity contribution in [1.29, 1.82) is 0 Å². The number of carbonyl (C=O) groups is 2. The van der Waals surface area contributed by atoms with Gasteiger partial charge in [0.25, 0.3) is 5.91 Å². The minimum atomic E-state index is -1.26. The molecule has 3 aromatic carbocycles. The van der Waals surface area contributed by atoms with Crippen LogP contribution < -0.4 is 15.4 Å². The van der Waals surface area contributed by atoms with Crippen LogP contribution in [-0.4, -0.2) is 35.2 Å². The van der Waals surface area contributed by atoms with Crippen LogP contribution in [0.1, 0.15) is 58.7 Å². The number of ether oxygens (including phenoxy) is 1. The molecular formula is C31H36N2O4. The molecule has 2 atom stereocenters. The molecule has 0 heterocycles. The number of hydrogen-bond donors (Lipinski definition) is 3. The number of rotatable bonds is 8. The quantitative estimate of drug-likeness (QED) is 0.365. The van der Waals surface area contributed by atoms with Gasteiger partial charge in [-0.3, -0.25) is 10.1 Å². The van der Waals surface area contributed by atoms with Crippen molar-refractivity contribution in [3.05, 3.63) is 77.9 Å². The predicted molar refractivity (Wildman–Crippen MR) is 147 cm³/mol. The zero-order valence-corrected chi connectivity index (χ0v) is 22.4. The molecule has 0 fully saturated rings. The molecule has 0 saturated heterocycles. The van der Waals surface area contributed by atoms with Gasteiger partial charge in [-0.25, -0.2) is 4.79 Å². The van der Waals surface area contributed by atoms with E-state index in [9.17, 15) is 14.7 Å². The van der Waals surface area contributed by atoms with Gasteiger partial charge < -0.3 is 15.2 Å². The number of carboxylic acids is 1. The minimum absolute atomic E-state index is 0.156.